The van der Waals surface area contributed by atoms with Gasteiger partial charge in [0.25, 0.3) is 0 Å². The van der Waals surface area contributed by atoms with Crippen molar-refractivity contribution in [1.29, 1.82) is 0 Å². The van der Waals surface area contributed by atoms with Crippen LogP contribution in [0.25, 0.3) is 0 Å². The highest BCUT2D eigenvalue weighted by Gasteiger charge is 1.90. The SMILES string of the molecule is C=CCOC(=S)SO. The highest BCUT2D eigenvalue weighted by molar-refractivity contribution is 8.18. The van der Waals surface area contributed by atoms with Crippen LogP contribution in [0.5, 0.6) is 0 Å². The second-order valence-corrected chi connectivity index (χ2v) is 2.12. The van der Waals surface area contributed by atoms with E-state index in [1.165, 1.54) is 0 Å². The standard InChI is InChI=1S/C4H6O2S2/c1-2-3-6-4(7)8-5/h2,5H,1,3H2. The molecule has 0 aliphatic rings. The normalized spacial score (nSPS) is 8.12. The van der Waals surface area contributed by atoms with Crippen molar-refractivity contribution in [3.63, 3.8) is 0 Å². The predicted octanol–water partition coefficient (Wildman–Crippen LogP) is 1.68. The van der Waals surface area contributed by atoms with E-state index in [-0.39, 0.29) is 4.38 Å². The van der Waals surface area contributed by atoms with Crippen LogP contribution in [-0.4, -0.2) is 15.5 Å². The zero-order valence-electron chi connectivity index (χ0n) is 4.16. The van der Waals surface area contributed by atoms with Gasteiger partial charge < -0.3 is 9.29 Å². The molecule has 0 aromatic carbocycles. The zero-order valence-corrected chi connectivity index (χ0v) is 5.80. The summed E-state index contributed by atoms with van der Waals surface area (Å²) in [5.41, 5.74) is 0. The van der Waals surface area contributed by atoms with Gasteiger partial charge in [0.15, 0.2) is 0 Å². The summed E-state index contributed by atoms with van der Waals surface area (Å²) < 4.78 is 13.0. The van der Waals surface area contributed by atoms with Crippen LogP contribution in [0.2, 0.25) is 0 Å². The molecule has 4 heteroatoms. The molecule has 0 aliphatic heterocycles. The molecule has 0 heterocycles. The first-order chi connectivity index (χ1) is 3.81. The molecule has 46 valence electrons. The molecule has 0 saturated carbocycles. The molecule has 0 unspecified atom stereocenters. The molecule has 0 fully saturated rings. The summed E-state index contributed by atoms with van der Waals surface area (Å²) in [6.45, 7) is 3.74. The average Bonchev–Trinajstić information content (AvgIpc) is 1.83. The fraction of sp³-hybridized carbons (Fsp3) is 0.250. The molecule has 0 atom stereocenters. The minimum Gasteiger partial charge on any atom is -0.473 e. The lowest BCUT2D eigenvalue weighted by atomic mass is 10.7. The van der Waals surface area contributed by atoms with Gasteiger partial charge in [0, 0.05) is 0 Å². The fourth-order valence-corrected chi connectivity index (χ4v) is 0.342. The van der Waals surface area contributed by atoms with Gasteiger partial charge in [-0.15, -0.1) is 0 Å². The van der Waals surface area contributed by atoms with Crippen LogP contribution >= 0.6 is 24.3 Å². The third kappa shape index (κ3) is 4.11. The van der Waals surface area contributed by atoms with E-state index >= 15 is 0 Å². The Morgan fingerprint density at radius 3 is 3.00 bits per heavy atom. The van der Waals surface area contributed by atoms with E-state index in [1.807, 2.05) is 0 Å². The van der Waals surface area contributed by atoms with Gasteiger partial charge in [0.1, 0.15) is 6.61 Å². The first-order valence-electron chi connectivity index (χ1n) is 1.90. The minimum atomic E-state index is 0.130. The molecule has 0 bridgehead atoms. The van der Waals surface area contributed by atoms with E-state index in [2.05, 4.69) is 23.5 Å². The zero-order chi connectivity index (χ0) is 6.41. The first kappa shape index (κ1) is 7.94. The molecule has 1 N–H and O–H groups in total. The molecule has 2 nitrogen and oxygen atoms in total. The van der Waals surface area contributed by atoms with Gasteiger partial charge in [-0.05, 0) is 12.2 Å². The maximum Gasteiger partial charge on any atom is 0.247 e. The third-order valence-electron chi connectivity index (χ3n) is 0.394. The maximum absolute atomic E-state index is 8.18. The van der Waals surface area contributed by atoms with Gasteiger partial charge in [-0.1, -0.05) is 12.7 Å². The van der Waals surface area contributed by atoms with Crippen molar-refractivity contribution in [2.24, 2.45) is 0 Å². The summed E-state index contributed by atoms with van der Waals surface area (Å²) in [5, 5.41) is 0. The van der Waals surface area contributed by atoms with E-state index < -0.39 is 0 Å². The summed E-state index contributed by atoms with van der Waals surface area (Å²) >= 11 is 4.89. The Balaban J connectivity index is 3.11. The van der Waals surface area contributed by atoms with E-state index in [4.69, 9.17) is 4.55 Å². The van der Waals surface area contributed by atoms with Crippen LogP contribution in [-0.2, 0) is 4.74 Å². The van der Waals surface area contributed by atoms with Crippen LogP contribution in [0.15, 0.2) is 12.7 Å². The number of hydrogen-bond donors (Lipinski definition) is 1. The van der Waals surface area contributed by atoms with E-state index in [1.54, 1.807) is 6.08 Å². The van der Waals surface area contributed by atoms with Crippen LogP contribution in [0.3, 0.4) is 0 Å². The van der Waals surface area contributed by atoms with Crippen LogP contribution in [0, 0.1) is 0 Å². The molecular weight excluding hydrogens is 144 g/mol. The lowest BCUT2D eigenvalue weighted by molar-refractivity contribution is 0.369. The topological polar surface area (TPSA) is 29.5 Å². The van der Waals surface area contributed by atoms with Gasteiger partial charge in [-0.25, -0.2) is 0 Å². The summed E-state index contributed by atoms with van der Waals surface area (Å²) in [6, 6.07) is 0. The lowest BCUT2D eigenvalue weighted by Crippen LogP contribution is -1.94. The Morgan fingerprint density at radius 1 is 2.00 bits per heavy atom. The smallest absolute Gasteiger partial charge is 0.247 e. The van der Waals surface area contributed by atoms with Crippen molar-refractivity contribution in [2.75, 3.05) is 6.61 Å². The largest absolute Gasteiger partial charge is 0.473 e. The Morgan fingerprint density at radius 2 is 2.62 bits per heavy atom. The Labute approximate surface area is 57.7 Å². The van der Waals surface area contributed by atoms with Crippen LogP contribution in [0.4, 0.5) is 0 Å². The van der Waals surface area contributed by atoms with Crippen molar-refractivity contribution in [3.8, 4) is 0 Å². The molecule has 0 saturated heterocycles. The monoisotopic (exact) mass is 150 g/mol. The van der Waals surface area contributed by atoms with Crippen molar-refractivity contribution in [3.05, 3.63) is 12.7 Å². The van der Waals surface area contributed by atoms with Gasteiger partial charge >= 0.3 is 0 Å². The van der Waals surface area contributed by atoms with Gasteiger partial charge in [0.05, 0.1) is 12.0 Å². The highest BCUT2D eigenvalue weighted by atomic mass is 32.2. The van der Waals surface area contributed by atoms with Crippen LogP contribution < -0.4 is 0 Å². The van der Waals surface area contributed by atoms with Gasteiger partial charge in [0.2, 0.25) is 4.38 Å². The molecule has 0 aliphatic carbocycles. The van der Waals surface area contributed by atoms with Crippen molar-refractivity contribution in [2.45, 2.75) is 0 Å². The first-order valence-corrected chi connectivity index (χ1v) is 3.08. The van der Waals surface area contributed by atoms with Crippen LogP contribution in [0.1, 0.15) is 0 Å². The molecule has 0 radical (unpaired) electrons. The molecule has 0 aromatic rings. The molecule has 0 rings (SSSR count). The average molecular weight is 150 g/mol. The highest BCUT2D eigenvalue weighted by Crippen LogP contribution is 1.97. The van der Waals surface area contributed by atoms with Gasteiger partial charge in [-0.2, -0.15) is 0 Å². The third-order valence-corrected chi connectivity index (χ3v) is 1.00. The molecular formula is C4H6O2S2. The molecule has 0 spiro atoms. The number of rotatable bonds is 2. The molecule has 0 amide bonds. The maximum atomic E-state index is 8.18. The second-order valence-electron chi connectivity index (χ2n) is 0.941. The summed E-state index contributed by atoms with van der Waals surface area (Å²) in [7, 11) is 0. The lowest BCUT2D eigenvalue weighted by Gasteiger charge is -1.96. The van der Waals surface area contributed by atoms with E-state index in [9.17, 15) is 0 Å². The Bertz CT molecular complexity index is 92.0. The predicted molar refractivity (Wildman–Crippen MR) is 39.0 cm³/mol. The molecule has 8 heavy (non-hydrogen) atoms. The number of hydrogen-bond acceptors (Lipinski definition) is 4. The second kappa shape index (κ2) is 5.08. The van der Waals surface area contributed by atoms with Crippen molar-refractivity contribution in [1.82, 2.24) is 0 Å². The van der Waals surface area contributed by atoms with E-state index in [0.29, 0.717) is 18.6 Å². The molecule has 0 aromatic heterocycles. The summed E-state index contributed by atoms with van der Waals surface area (Å²) in [5.74, 6) is 0. The summed E-state index contributed by atoms with van der Waals surface area (Å²) in [6.07, 6.45) is 1.56. The Hall–Kier alpha value is -0.0600. The van der Waals surface area contributed by atoms with E-state index in [0.717, 1.165) is 0 Å². The minimum absolute atomic E-state index is 0.130. The quantitative estimate of drug-likeness (QED) is 0.368. The summed E-state index contributed by atoms with van der Waals surface area (Å²) in [4.78, 5) is 0. The number of ether oxygens (including phenoxy) is 1. The fourth-order valence-electron chi connectivity index (χ4n) is 0.153. The van der Waals surface area contributed by atoms with Crippen molar-refractivity contribution < 1.29 is 9.29 Å². The number of thiocarbonyl (C=S) groups is 1. The Kier molecular flexibility index (Phi) is 5.05. The van der Waals surface area contributed by atoms with Gasteiger partial charge in [-0.3, -0.25) is 0 Å². The van der Waals surface area contributed by atoms with Crippen molar-refractivity contribution >= 4 is 28.6 Å².